The Bertz CT molecular complexity index is 1050. The summed E-state index contributed by atoms with van der Waals surface area (Å²) in [6, 6.07) is 2.18. The van der Waals surface area contributed by atoms with Gasteiger partial charge in [-0.15, -0.1) is 11.3 Å². The van der Waals surface area contributed by atoms with E-state index >= 15 is 0 Å². The molecule has 0 saturated carbocycles. The van der Waals surface area contributed by atoms with Gasteiger partial charge in [0.1, 0.15) is 29.0 Å². The normalized spacial score (nSPS) is 13.1. The Labute approximate surface area is 176 Å². The van der Waals surface area contributed by atoms with Gasteiger partial charge in [-0.25, -0.2) is 0 Å². The average Bonchev–Trinajstić information content (AvgIpc) is 3.04. The van der Waals surface area contributed by atoms with Crippen LogP contribution in [0, 0.1) is 35.3 Å². The van der Waals surface area contributed by atoms with Gasteiger partial charge in [-0.05, 0) is 45.1 Å². The number of fused-ring (bicyclic) bond motifs is 1. The summed E-state index contributed by atoms with van der Waals surface area (Å²) in [7, 11) is 0. The van der Waals surface area contributed by atoms with Crippen LogP contribution in [-0.4, -0.2) is 33.2 Å². The molecule has 0 fully saturated rings. The summed E-state index contributed by atoms with van der Waals surface area (Å²) in [5.41, 5.74) is 1.79. The largest absolute Gasteiger partial charge is 0.454 e. The van der Waals surface area contributed by atoms with E-state index < -0.39 is 23.4 Å². The second kappa shape index (κ2) is 9.04. The number of carbonyl (C=O) groups is 2. The number of amides is 1. The SMILES string of the molecule is Cc1nn(CC(=O)OCC(=O)Nc2sc3c(c2C#N)CCCCC3)c(C)c1[N+](=O)[O-]. The van der Waals surface area contributed by atoms with E-state index in [0.29, 0.717) is 10.6 Å². The lowest BCUT2D eigenvalue weighted by Crippen LogP contribution is -2.23. The van der Waals surface area contributed by atoms with E-state index in [2.05, 4.69) is 16.5 Å². The lowest BCUT2D eigenvalue weighted by Gasteiger charge is -2.07. The number of anilines is 1. The maximum absolute atomic E-state index is 12.2. The van der Waals surface area contributed by atoms with Crippen molar-refractivity contribution in [2.45, 2.75) is 52.5 Å². The lowest BCUT2D eigenvalue weighted by molar-refractivity contribution is -0.386. The predicted octanol–water partition coefficient (Wildman–Crippen LogP) is 2.79. The van der Waals surface area contributed by atoms with Crippen molar-refractivity contribution in [1.29, 1.82) is 5.26 Å². The van der Waals surface area contributed by atoms with E-state index in [1.165, 1.54) is 29.9 Å². The third-order valence-electron chi connectivity index (χ3n) is 4.96. The quantitative estimate of drug-likeness (QED) is 0.321. The molecule has 2 heterocycles. The molecule has 0 bridgehead atoms. The van der Waals surface area contributed by atoms with Gasteiger partial charge in [0.2, 0.25) is 0 Å². The number of aryl methyl sites for hydroxylation is 2. The standard InChI is InChI=1S/C19H21N5O5S/c1-11-18(24(27)28)12(2)23(22-11)9-17(26)29-10-16(25)21-19-14(8-20)13-6-4-3-5-7-15(13)30-19/h3-7,9-10H2,1-2H3,(H,21,25). The Hall–Kier alpha value is -3.26. The highest BCUT2D eigenvalue weighted by Crippen LogP contribution is 2.36. The first kappa shape index (κ1) is 21.4. The smallest absolute Gasteiger partial charge is 0.328 e. The summed E-state index contributed by atoms with van der Waals surface area (Å²) in [5, 5.41) is 27.7. The van der Waals surface area contributed by atoms with E-state index in [9.17, 15) is 25.0 Å². The Kier molecular flexibility index (Phi) is 6.47. The van der Waals surface area contributed by atoms with Crippen molar-refractivity contribution in [2.24, 2.45) is 0 Å². The van der Waals surface area contributed by atoms with E-state index in [4.69, 9.17) is 4.74 Å². The van der Waals surface area contributed by atoms with Crippen molar-refractivity contribution in [1.82, 2.24) is 9.78 Å². The molecule has 1 aliphatic carbocycles. The van der Waals surface area contributed by atoms with Gasteiger partial charge in [0.05, 0.1) is 10.5 Å². The summed E-state index contributed by atoms with van der Waals surface area (Å²) in [6.45, 7) is 2.11. The van der Waals surface area contributed by atoms with Crippen molar-refractivity contribution in [3.8, 4) is 6.07 Å². The van der Waals surface area contributed by atoms with Gasteiger partial charge < -0.3 is 10.1 Å². The van der Waals surface area contributed by atoms with Crippen LogP contribution in [0.25, 0.3) is 0 Å². The monoisotopic (exact) mass is 431 g/mol. The third kappa shape index (κ3) is 4.49. The number of nitrogens with zero attached hydrogens (tertiary/aromatic N) is 4. The van der Waals surface area contributed by atoms with Gasteiger partial charge in [-0.3, -0.25) is 24.4 Å². The molecule has 0 spiro atoms. The first-order valence-corrected chi connectivity index (χ1v) is 10.3. The van der Waals surface area contributed by atoms with Crippen LogP contribution >= 0.6 is 11.3 Å². The molecule has 0 saturated heterocycles. The van der Waals surface area contributed by atoms with Gasteiger partial charge in [-0.1, -0.05) is 6.42 Å². The van der Waals surface area contributed by atoms with Gasteiger partial charge >= 0.3 is 11.7 Å². The van der Waals surface area contributed by atoms with Crippen LogP contribution in [0.5, 0.6) is 0 Å². The molecule has 0 unspecified atom stereocenters. The van der Waals surface area contributed by atoms with Gasteiger partial charge in [0.15, 0.2) is 6.61 Å². The number of nitro groups is 1. The minimum atomic E-state index is -0.742. The fraction of sp³-hybridized carbons (Fsp3) is 0.474. The summed E-state index contributed by atoms with van der Waals surface area (Å²) in [5.74, 6) is -1.29. The molecule has 158 valence electrons. The zero-order chi connectivity index (χ0) is 21.8. The molecule has 0 aromatic carbocycles. The maximum Gasteiger partial charge on any atom is 0.328 e. The molecule has 1 aliphatic rings. The van der Waals surface area contributed by atoms with E-state index in [-0.39, 0.29) is 23.6 Å². The number of esters is 1. The zero-order valence-electron chi connectivity index (χ0n) is 16.7. The fourth-order valence-corrected chi connectivity index (χ4v) is 4.79. The Morgan fingerprint density at radius 3 is 2.73 bits per heavy atom. The molecular formula is C19H21N5O5S. The van der Waals surface area contributed by atoms with Crippen LogP contribution in [0.15, 0.2) is 0 Å². The molecule has 0 atom stereocenters. The first-order valence-electron chi connectivity index (χ1n) is 9.50. The second-order valence-corrected chi connectivity index (χ2v) is 8.13. The number of carbonyl (C=O) groups excluding carboxylic acids is 2. The maximum atomic E-state index is 12.2. The molecule has 2 aromatic heterocycles. The van der Waals surface area contributed by atoms with Crippen LogP contribution in [0.3, 0.4) is 0 Å². The molecule has 11 heteroatoms. The second-order valence-electron chi connectivity index (χ2n) is 7.02. The number of ether oxygens (including phenoxy) is 1. The Morgan fingerprint density at radius 2 is 2.07 bits per heavy atom. The molecule has 10 nitrogen and oxygen atoms in total. The predicted molar refractivity (Wildman–Crippen MR) is 108 cm³/mol. The molecule has 1 amide bonds. The number of rotatable bonds is 6. The highest BCUT2D eigenvalue weighted by Gasteiger charge is 2.24. The van der Waals surface area contributed by atoms with Crippen molar-refractivity contribution < 1.29 is 19.2 Å². The molecular weight excluding hydrogens is 410 g/mol. The summed E-state index contributed by atoms with van der Waals surface area (Å²) < 4.78 is 6.16. The summed E-state index contributed by atoms with van der Waals surface area (Å²) >= 11 is 1.40. The Balaban J connectivity index is 1.59. The topological polar surface area (TPSA) is 140 Å². The number of thiophene rings is 1. The summed E-state index contributed by atoms with van der Waals surface area (Å²) in [6.07, 6.45) is 4.94. The van der Waals surface area contributed by atoms with Crippen LogP contribution < -0.4 is 5.32 Å². The van der Waals surface area contributed by atoms with E-state index in [1.807, 2.05) is 0 Å². The lowest BCUT2D eigenvalue weighted by atomic mass is 10.1. The minimum absolute atomic E-state index is 0.151. The van der Waals surface area contributed by atoms with Crippen LogP contribution in [0.2, 0.25) is 0 Å². The molecule has 3 rings (SSSR count). The van der Waals surface area contributed by atoms with E-state index in [0.717, 1.165) is 42.5 Å². The molecule has 2 aromatic rings. The third-order valence-corrected chi connectivity index (χ3v) is 6.16. The molecule has 1 N–H and O–H groups in total. The average molecular weight is 431 g/mol. The number of hydrogen-bond acceptors (Lipinski definition) is 8. The Morgan fingerprint density at radius 1 is 1.33 bits per heavy atom. The van der Waals surface area contributed by atoms with Crippen molar-refractivity contribution in [3.63, 3.8) is 0 Å². The highest BCUT2D eigenvalue weighted by atomic mass is 32.1. The number of hydrogen-bond donors (Lipinski definition) is 1. The highest BCUT2D eigenvalue weighted by molar-refractivity contribution is 7.16. The van der Waals surface area contributed by atoms with Gasteiger partial charge in [0, 0.05) is 4.88 Å². The van der Waals surface area contributed by atoms with Crippen molar-refractivity contribution >= 4 is 33.9 Å². The minimum Gasteiger partial charge on any atom is -0.454 e. The zero-order valence-corrected chi connectivity index (χ0v) is 17.5. The number of aromatic nitrogens is 2. The van der Waals surface area contributed by atoms with Crippen LogP contribution in [0.4, 0.5) is 10.7 Å². The van der Waals surface area contributed by atoms with Crippen molar-refractivity contribution in [3.05, 3.63) is 37.5 Å². The van der Waals surface area contributed by atoms with Crippen LogP contribution in [0.1, 0.15) is 46.7 Å². The molecule has 30 heavy (non-hydrogen) atoms. The number of nitriles is 1. The molecule has 0 aliphatic heterocycles. The molecule has 0 radical (unpaired) electrons. The summed E-state index contributed by atoms with van der Waals surface area (Å²) in [4.78, 5) is 35.9. The van der Waals surface area contributed by atoms with E-state index in [1.54, 1.807) is 0 Å². The van der Waals surface area contributed by atoms with Crippen molar-refractivity contribution in [2.75, 3.05) is 11.9 Å². The fourth-order valence-electron chi connectivity index (χ4n) is 3.53. The first-order chi connectivity index (χ1) is 14.3. The van der Waals surface area contributed by atoms with Gasteiger partial charge in [0.25, 0.3) is 5.91 Å². The van der Waals surface area contributed by atoms with Crippen LogP contribution in [-0.2, 0) is 33.7 Å². The number of nitrogens with one attached hydrogen (secondary N) is 1. The van der Waals surface area contributed by atoms with Gasteiger partial charge in [-0.2, -0.15) is 10.4 Å².